The van der Waals surface area contributed by atoms with Crippen LogP contribution in [0, 0.1) is 0 Å². The molecule has 0 saturated heterocycles. The fourth-order valence-corrected chi connectivity index (χ4v) is 1.15. The summed E-state index contributed by atoms with van der Waals surface area (Å²) in [6.07, 6.45) is -0.419. The van der Waals surface area contributed by atoms with Crippen molar-refractivity contribution in [2.45, 2.75) is 52.3 Å². The third kappa shape index (κ3) is 8.49. The summed E-state index contributed by atoms with van der Waals surface area (Å²) in [5, 5.41) is 14.6. The van der Waals surface area contributed by atoms with Gasteiger partial charge in [0.25, 0.3) is 0 Å². The number of rotatable bonds is 5. The van der Waals surface area contributed by atoms with Gasteiger partial charge in [-0.1, -0.05) is 0 Å². The average Bonchev–Trinajstić information content (AvgIpc) is 2.12. The lowest BCUT2D eigenvalue weighted by Crippen LogP contribution is -2.45. The highest BCUT2D eigenvalue weighted by atomic mass is 16.6. The van der Waals surface area contributed by atoms with Crippen LogP contribution >= 0.6 is 0 Å². The summed E-state index contributed by atoms with van der Waals surface area (Å²) in [6, 6.07) is 0.116. The Morgan fingerprint density at radius 3 is 2.31 bits per heavy atom. The Labute approximate surface area is 97.6 Å². The second-order valence-corrected chi connectivity index (χ2v) is 5.03. The number of aliphatic hydroxyl groups excluding tert-OH is 1. The lowest BCUT2D eigenvalue weighted by molar-refractivity contribution is 0.0522. The predicted molar refractivity (Wildman–Crippen MR) is 63.4 cm³/mol. The van der Waals surface area contributed by atoms with Crippen molar-refractivity contribution >= 4 is 6.09 Å². The molecule has 0 aliphatic heterocycles. The molecule has 1 amide bonds. The molecule has 0 radical (unpaired) electrons. The summed E-state index contributed by atoms with van der Waals surface area (Å²) in [7, 11) is 0. The minimum atomic E-state index is -0.473. The maximum absolute atomic E-state index is 11.3. The van der Waals surface area contributed by atoms with Crippen LogP contribution in [0.1, 0.15) is 34.6 Å². The minimum absolute atomic E-state index is 0.0236. The summed E-state index contributed by atoms with van der Waals surface area (Å²) < 4.78 is 5.09. The van der Waals surface area contributed by atoms with Gasteiger partial charge in [-0.3, -0.25) is 0 Å². The molecule has 0 aromatic rings. The maximum Gasteiger partial charge on any atom is 0.407 e. The van der Waals surface area contributed by atoms with E-state index < -0.39 is 11.7 Å². The Morgan fingerprint density at radius 1 is 1.31 bits per heavy atom. The van der Waals surface area contributed by atoms with Crippen molar-refractivity contribution in [3.05, 3.63) is 0 Å². The van der Waals surface area contributed by atoms with E-state index in [0.29, 0.717) is 6.54 Å². The Balaban J connectivity index is 3.75. The Kier molecular flexibility index (Phi) is 6.36. The molecular weight excluding hydrogens is 208 g/mol. The molecule has 2 unspecified atom stereocenters. The minimum Gasteiger partial charge on any atom is -0.444 e. The number of aliphatic hydroxyl groups is 1. The van der Waals surface area contributed by atoms with E-state index in [-0.39, 0.29) is 18.7 Å². The third-order valence-electron chi connectivity index (χ3n) is 1.79. The number of nitrogens with one attached hydrogen (secondary N) is 2. The summed E-state index contributed by atoms with van der Waals surface area (Å²) in [5.74, 6) is 0. The molecule has 2 atom stereocenters. The monoisotopic (exact) mass is 232 g/mol. The second-order valence-electron chi connectivity index (χ2n) is 5.03. The number of alkyl carbamates (subject to hydrolysis) is 1. The highest BCUT2D eigenvalue weighted by Gasteiger charge is 2.16. The number of carbonyl (C=O) groups excluding carboxylic acids is 1. The fraction of sp³-hybridized carbons (Fsp3) is 0.909. The van der Waals surface area contributed by atoms with Gasteiger partial charge in [0.2, 0.25) is 0 Å². The molecule has 0 rings (SSSR count). The number of amides is 1. The standard InChI is InChI=1S/C11H24N2O3/c1-8(13-9(2)7-14)6-12-10(15)16-11(3,4)5/h8-9,13-14H,6-7H2,1-5H3,(H,12,15). The molecule has 0 bridgehead atoms. The van der Waals surface area contributed by atoms with Crippen molar-refractivity contribution in [1.29, 1.82) is 0 Å². The molecule has 0 saturated carbocycles. The molecule has 0 spiro atoms. The molecule has 0 aromatic carbocycles. The molecule has 3 N–H and O–H groups in total. The van der Waals surface area contributed by atoms with E-state index >= 15 is 0 Å². The predicted octanol–water partition coefficient (Wildman–Crippen LogP) is 0.870. The third-order valence-corrected chi connectivity index (χ3v) is 1.79. The van der Waals surface area contributed by atoms with Crippen LogP contribution < -0.4 is 10.6 Å². The average molecular weight is 232 g/mol. The van der Waals surface area contributed by atoms with Gasteiger partial charge < -0.3 is 20.5 Å². The number of hydrogen-bond acceptors (Lipinski definition) is 4. The fourth-order valence-electron chi connectivity index (χ4n) is 1.15. The Morgan fingerprint density at radius 2 is 1.88 bits per heavy atom. The molecule has 5 heteroatoms. The number of ether oxygens (including phenoxy) is 1. The Bertz CT molecular complexity index is 214. The first-order valence-electron chi connectivity index (χ1n) is 5.58. The van der Waals surface area contributed by atoms with Crippen molar-refractivity contribution in [2.24, 2.45) is 0 Å². The van der Waals surface area contributed by atoms with E-state index in [1.54, 1.807) is 0 Å². The molecule has 96 valence electrons. The summed E-state index contributed by atoms with van der Waals surface area (Å²) in [6.45, 7) is 9.83. The maximum atomic E-state index is 11.3. The largest absolute Gasteiger partial charge is 0.444 e. The topological polar surface area (TPSA) is 70.6 Å². The van der Waals surface area contributed by atoms with Crippen LogP contribution in [0.5, 0.6) is 0 Å². The molecular formula is C11H24N2O3. The van der Waals surface area contributed by atoms with Crippen molar-refractivity contribution in [3.8, 4) is 0 Å². The SMILES string of the molecule is CC(CO)NC(C)CNC(=O)OC(C)(C)C. The quantitative estimate of drug-likeness (QED) is 0.658. The van der Waals surface area contributed by atoms with Gasteiger partial charge in [0, 0.05) is 18.6 Å². The lowest BCUT2D eigenvalue weighted by Gasteiger charge is -2.22. The highest BCUT2D eigenvalue weighted by molar-refractivity contribution is 5.67. The van der Waals surface area contributed by atoms with Crippen molar-refractivity contribution in [2.75, 3.05) is 13.2 Å². The van der Waals surface area contributed by atoms with Gasteiger partial charge in [0.1, 0.15) is 5.60 Å². The van der Waals surface area contributed by atoms with E-state index in [1.165, 1.54) is 0 Å². The molecule has 0 aliphatic rings. The molecule has 0 fully saturated rings. The molecule has 5 nitrogen and oxygen atoms in total. The van der Waals surface area contributed by atoms with E-state index in [2.05, 4.69) is 10.6 Å². The summed E-state index contributed by atoms with van der Waals surface area (Å²) in [4.78, 5) is 11.3. The summed E-state index contributed by atoms with van der Waals surface area (Å²) in [5.41, 5.74) is -0.473. The first kappa shape index (κ1) is 15.2. The van der Waals surface area contributed by atoms with Gasteiger partial charge in [0.05, 0.1) is 6.61 Å². The van der Waals surface area contributed by atoms with E-state index in [0.717, 1.165) is 0 Å². The second kappa shape index (κ2) is 6.70. The van der Waals surface area contributed by atoms with Gasteiger partial charge in [-0.05, 0) is 34.6 Å². The van der Waals surface area contributed by atoms with Gasteiger partial charge in [0.15, 0.2) is 0 Å². The van der Waals surface area contributed by atoms with Gasteiger partial charge in [-0.15, -0.1) is 0 Å². The highest BCUT2D eigenvalue weighted by Crippen LogP contribution is 2.06. The lowest BCUT2D eigenvalue weighted by atomic mass is 10.2. The van der Waals surface area contributed by atoms with Crippen LogP contribution in [0.25, 0.3) is 0 Å². The number of hydrogen-bond donors (Lipinski definition) is 3. The van der Waals surface area contributed by atoms with Crippen molar-refractivity contribution in [3.63, 3.8) is 0 Å². The van der Waals surface area contributed by atoms with Crippen LogP contribution in [0.4, 0.5) is 4.79 Å². The summed E-state index contributed by atoms with van der Waals surface area (Å²) >= 11 is 0. The zero-order chi connectivity index (χ0) is 12.8. The van der Waals surface area contributed by atoms with Crippen LogP contribution in [-0.2, 0) is 4.74 Å². The van der Waals surface area contributed by atoms with Crippen molar-refractivity contribution in [1.82, 2.24) is 10.6 Å². The van der Waals surface area contributed by atoms with Crippen LogP contribution in [-0.4, -0.2) is 42.0 Å². The number of carbonyl (C=O) groups is 1. The molecule has 0 heterocycles. The first-order chi connectivity index (χ1) is 7.24. The Hall–Kier alpha value is -0.810. The zero-order valence-corrected chi connectivity index (χ0v) is 10.8. The molecule has 0 aliphatic carbocycles. The van der Waals surface area contributed by atoms with Gasteiger partial charge in [-0.2, -0.15) is 0 Å². The van der Waals surface area contributed by atoms with E-state index in [4.69, 9.17) is 9.84 Å². The molecule has 16 heavy (non-hydrogen) atoms. The van der Waals surface area contributed by atoms with Crippen LogP contribution in [0.3, 0.4) is 0 Å². The van der Waals surface area contributed by atoms with E-state index in [9.17, 15) is 4.79 Å². The van der Waals surface area contributed by atoms with Crippen LogP contribution in [0.15, 0.2) is 0 Å². The van der Waals surface area contributed by atoms with E-state index in [1.807, 2.05) is 34.6 Å². The smallest absolute Gasteiger partial charge is 0.407 e. The normalized spacial score (nSPS) is 15.4. The van der Waals surface area contributed by atoms with Crippen molar-refractivity contribution < 1.29 is 14.6 Å². The van der Waals surface area contributed by atoms with Gasteiger partial charge >= 0.3 is 6.09 Å². The first-order valence-corrected chi connectivity index (χ1v) is 5.58. The zero-order valence-electron chi connectivity index (χ0n) is 10.8. The molecule has 0 aromatic heterocycles. The van der Waals surface area contributed by atoms with Crippen LogP contribution in [0.2, 0.25) is 0 Å². The van der Waals surface area contributed by atoms with Gasteiger partial charge in [-0.25, -0.2) is 4.79 Å².